The molecule has 2 radical (unpaired) electrons. The van der Waals surface area contributed by atoms with Gasteiger partial charge in [0.15, 0.2) is 5.81 Å². The molecule has 5 heteroatoms. The van der Waals surface area contributed by atoms with Crippen molar-refractivity contribution in [3.05, 3.63) is 12.2 Å². The molecule has 1 aliphatic carbocycles. The van der Waals surface area contributed by atoms with Crippen LogP contribution in [0.3, 0.4) is 0 Å². The van der Waals surface area contributed by atoms with E-state index in [0.29, 0.717) is 0 Å². The Bertz CT molecular complexity index is 475. The van der Waals surface area contributed by atoms with E-state index in [-0.39, 0.29) is 29.8 Å². The van der Waals surface area contributed by atoms with Gasteiger partial charge in [-0.2, -0.15) is 0 Å². The normalized spacial score (nSPS) is 33.9. The fourth-order valence-electron chi connectivity index (χ4n) is 4.08. The van der Waals surface area contributed by atoms with E-state index in [4.69, 9.17) is 12.6 Å². The van der Waals surface area contributed by atoms with Crippen LogP contribution in [0, 0.1) is 11.8 Å². The first-order valence-corrected chi connectivity index (χ1v) is 8.20. The number of nitrogens with zero attached hydrogens (tertiary/aromatic N) is 1. The van der Waals surface area contributed by atoms with Gasteiger partial charge in [0.1, 0.15) is 11.5 Å². The zero-order valence-corrected chi connectivity index (χ0v) is 14.0. The quantitative estimate of drug-likeness (QED) is 0.592. The number of rotatable bonds is 4. The number of carbonyl (C=O) groups excluding carboxylic acids is 2. The molecule has 0 aromatic heterocycles. The average Bonchev–Trinajstić information content (AvgIpc) is 2.69. The Labute approximate surface area is 134 Å². The zero-order valence-electron chi connectivity index (χ0n) is 14.0. The molecule has 0 N–H and O–H groups in total. The van der Waals surface area contributed by atoms with E-state index < -0.39 is 11.5 Å². The molecule has 0 spiro atoms. The molecule has 0 aromatic carbocycles. The molecule has 120 valence electrons. The number of ketones is 1. The second-order valence-corrected chi connectivity index (χ2v) is 6.94. The van der Waals surface area contributed by atoms with Crippen molar-refractivity contribution in [1.82, 2.24) is 4.90 Å². The number of Topliss-reactive ketones (excluding diaryl/α,β-unsaturated/α-hetero) is 1. The lowest BCUT2D eigenvalue weighted by molar-refractivity contribution is -0.123. The molecule has 1 heterocycles. The Morgan fingerprint density at radius 3 is 2.50 bits per heavy atom. The molecule has 4 atom stereocenters. The Kier molecular flexibility index (Phi) is 5.16. The van der Waals surface area contributed by atoms with Crippen molar-refractivity contribution < 1.29 is 14.3 Å². The first kappa shape index (κ1) is 17.3. The van der Waals surface area contributed by atoms with E-state index >= 15 is 0 Å². The number of carbonyl (C=O) groups is 2. The highest BCUT2D eigenvalue weighted by atomic mass is 16.5. The largest absolute Gasteiger partial charge is 0.351 e. The fourth-order valence-corrected chi connectivity index (χ4v) is 4.08. The standard InChI is InChI=1S/C17H26BNO3/c1-5-14-15(22-17(3,4)19(14)16(18)21)10-12-8-6-7-9-13(12)11(2)20/h6-7,12-15H,5,8-10H2,1-4H3. The van der Waals surface area contributed by atoms with Crippen molar-refractivity contribution in [2.75, 3.05) is 0 Å². The van der Waals surface area contributed by atoms with E-state index in [1.807, 2.05) is 20.8 Å². The van der Waals surface area contributed by atoms with Crippen molar-refractivity contribution in [1.29, 1.82) is 0 Å². The SMILES string of the molecule is [B]C(=O)N1C(CC)C(CC2CC=CCC2C(C)=O)OC1(C)C. The molecule has 4 unspecified atom stereocenters. The molecule has 1 amide bonds. The Balaban J connectivity index is 2.16. The number of allylic oxidation sites excluding steroid dienone is 2. The Morgan fingerprint density at radius 1 is 1.32 bits per heavy atom. The van der Waals surface area contributed by atoms with Gasteiger partial charge in [-0.1, -0.05) is 19.1 Å². The number of ether oxygens (including phenoxy) is 1. The minimum Gasteiger partial charge on any atom is -0.351 e. The molecule has 2 aliphatic rings. The van der Waals surface area contributed by atoms with Gasteiger partial charge in [-0.3, -0.25) is 9.59 Å². The van der Waals surface area contributed by atoms with Crippen LogP contribution in [-0.2, 0) is 9.53 Å². The second kappa shape index (κ2) is 6.57. The average molecular weight is 303 g/mol. The summed E-state index contributed by atoms with van der Waals surface area (Å²) < 4.78 is 6.15. The van der Waals surface area contributed by atoms with Crippen molar-refractivity contribution in [3.8, 4) is 0 Å². The molecular formula is C17H26BNO3. The van der Waals surface area contributed by atoms with Crippen LogP contribution in [0.2, 0.25) is 0 Å². The summed E-state index contributed by atoms with van der Waals surface area (Å²) in [6, 6.07) is -0.0222. The van der Waals surface area contributed by atoms with Crippen molar-refractivity contribution in [3.63, 3.8) is 0 Å². The summed E-state index contributed by atoms with van der Waals surface area (Å²) in [6.07, 6.45) is 7.48. The predicted octanol–water partition coefficient (Wildman–Crippen LogP) is 3.05. The van der Waals surface area contributed by atoms with E-state index in [1.165, 1.54) is 0 Å². The van der Waals surface area contributed by atoms with Gasteiger partial charge in [-0.15, -0.1) is 0 Å². The zero-order chi connectivity index (χ0) is 16.5. The summed E-state index contributed by atoms with van der Waals surface area (Å²) in [4.78, 5) is 25.3. The summed E-state index contributed by atoms with van der Waals surface area (Å²) in [5.41, 5.74) is -0.687. The number of hydrogen-bond acceptors (Lipinski definition) is 3. The topological polar surface area (TPSA) is 46.6 Å². The maximum atomic E-state index is 11.9. The lowest BCUT2D eigenvalue weighted by Gasteiger charge is -2.33. The third kappa shape index (κ3) is 3.29. The van der Waals surface area contributed by atoms with Gasteiger partial charge in [0, 0.05) is 5.92 Å². The van der Waals surface area contributed by atoms with E-state index in [0.717, 1.165) is 25.7 Å². The molecule has 0 saturated carbocycles. The van der Waals surface area contributed by atoms with E-state index in [9.17, 15) is 9.59 Å². The van der Waals surface area contributed by atoms with Crippen LogP contribution in [0.5, 0.6) is 0 Å². The fraction of sp³-hybridized carbons (Fsp3) is 0.765. The Morgan fingerprint density at radius 2 is 1.95 bits per heavy atom. The summed E-state index contributed by atoms with van der Waals surface area (Å²) in [7, 11) is 5.55. The van der Waals surface area contributed by atoms with Crippen molar-refractivity contribution in [2.24, 2.45) is 11.8 Å². The van der Waals surface area contributed by atoms with Crippen LogP contribution in [0.4, 0.5) is 4.79 Å². The summed E-state index contributed by atoms with van der Waals surface area (Å²) in [5, 5.41) is 0. The van der Waals surface area contributed by atoms with Crippen LogP contribution in [0.15, 0.2) is 12.2 Å². The first-order valence-electron chi connectivity index (χ1n) is 8.20. The number of amides is 1. The van der Waals surface area contributed by atoms with Gasteiger partial charge < -0.3 is 9.64 Å². The molecule has 1 aliphatic heterocycles. The minimum absolute atomic E-state index is 0.0222. The van der Waals surface area contributed by atoms with Crippen molar-refractivity contribution in [2.45, 2.75) is 71.2 Å². The van der Waals surface area contributed by atoms with Gasteiger partial charge in [0.05, 0.1) is 12.1 Å². The van der Waals surface area contributed by atoms with Gasteiger partial charge >= 0.3 is 0 Å². The summed E-state index contributed by atoms with van der Waals surface area (Å²) in [5.74, 6) is 0.152. The van der Waals surface area contributed by atoms with Crippen molar-refractivity contribution >= 4 is 19.4 Å². The highest BCUT2D eigenvalue weighted by Crippen LogP contribution is 2.39. The summed E-state index contributed by atoms with van der Waals surface area (Å²) >= 11 is 0. The maximum absolute atomic E-state index is 11.9. The van der Waals surface area contributed by atoms with E-state index in [2.05, 4.69) is 12.2 Å². The van der Waals surface area contributed by atoms with Crippen LogP contribution >= 0.6 is 0 Å². The van der Waals surface area contributed by atoms with Gasteiger partial charge in [0.2, 0.25) is 7.85 Å². The Hall–Kier alpha value is -1.10. The smallest absolute Gasteiger partial charge is 0.200 e. The second-order valence-electron chi connectivity index (χ2n) is 6.94. The minimum atomic E-state index is -0.687. The molecule has 1 fully saturated rings. The third-order valence-electron chi connectivity index (χ3n) is 5.06. The maximum Gasteiger partial charge on any atom is 0.200 e. The molecule has 2 rings (SSSR count). The molecule has 0 aromatic rings. The van der Waals surface area contributed by atoms with Gasteiger partial charge in [-0.05, 0) is 52.4 Å². The van der Waals surface area contributed by atoms with E-state index in [1.54, 1.807) is 11.8 Å². The molecule has 22 heavy (non-hydrogen) atoms. The van der Waals surface area contributed by atoms with Crippen LogP contribution in [0.25, 0.3) is 0 Å². The monoisotopic (exact) mass is 303 g/mol. The molecule has 1 saturated heterocycles. The highest BCUT2D eigenvalue weighted by molar-refractivity contribution is 6.57. The third-order valence-corrected chi connectivity index (χ3v) is 5.06. The first-order chi connectivity index (χ1) is 10.3. The van der Waals surface area contributed by atoms with Crippen LogP contribution in [-0.4, -0.2) is 42.2 Å². The number of hydrogen-bond donors (Lipinski definition) is 0. The lowest BCUT2D eigenvalue weighted by atomic mass is 9.77. The van der Waals surface area contributed by atoms with Gasteiger partial charge in [0.25, 0.3) is 0 Å². The molecule has 4 nitrogen and oxygen atoms in total. The highest BCUT2D eigenvalue weighted by Gasteiger charge is 2.48. The van der Waals surface area contributed by atoms with Crippen LogP contribution in [0.1, 0.15) is 53.4 Å². The molecular weight excluding hydrogens is 277 g/mol. The summed E-state index contributed by atoms with van der Waals surface area (Å²) in [6.45, 7) is 7.47. The molecule has 0 bridgehead atoms. The lowest BCUT2D eigenvalue weighted by Crippen LogP contribution is -2.47. The van der Waals surface area contributed by atoms with Gasteiger partial charge in [-0.25, -0.2) is 0 Å². The predicted molar refractivity (Wildman–Crippen MR) is 86.7 cm³/mol. The van der Waals surface area contributed by atoms with Crippen LogP contribution < -0.4 is 0 Å².